The Balaban J connectivity index is 2.54. The zero-order valence-electron chi connectivity index (χ0n) is 10.1. The molecule has 1 atom stereocenters. The molecule has 1 N–H and O–H groups in total. The van der Waals surface area contributed by atoms with Crippen molar-refractivity contribution >= 4 is 0 Å². The van der Waals surface area contributed by atoms with Crippen molar-refractivity contribution in [2.24, 2.45) is 0 Å². The molecule has 2 rings (SSSR count). The second-order valence-corrected chi connectivity index (χ2v) is 4.00. The fourth-order valence-corrected chi connectivity index (χ4v) is 1.83. The minimum Gasteiger partial charge on any atom is -0.496 e. The van der Waals surface area contributed by atoms with Crippen molar-refractivity contribution in [1.29, 1.82) is 0 Å². The lowest BCUT2D eigenvalue weighted by Crippen LogP contribution is -1.94. The molecule has 1 unspecified atom stereocenters. The summed E-state index contributed by atoms with van der Waals surface area (Å²) < 4.78 is 5.35. The van der Waals surface area contributed by atoms with Crippen molar-refractivity contribution in [3.63, 3.8) is 0 Å². The average Bonchev–Trinajstić information content (AvgIpc) is 2.39. The lowest BCUT2D eigenvalue weighted by molar-refractivity contribution is 0.199. The van der Waals surface area contributed by atoms with Crippen LogP contribution < -0.4 is 4.74 Å². The highest BCUT2D eigenvalue weighted by Gasteiger charge is 2.09. The third-order valence-corrected chi connectivity index (χ3v) is 2.79. The summed E-state index contributed by atoms with van der Waals surface area (Å²) in [6.07, 6.45) is -0.469. The van der Waals surface area contributed by atoms with Crippen LogP contribution in [0.25, 0.3) is 11.1 Å². The van der Waals surface area contributed by atoms with Gasteiger partial charge in [-0.2, -0.15) is 0 Å². The number of methoxy groups -OCH3 is 1. The summed E-state index contributed by atoms with van der Waals surface area (Å²) in [5.41, 5.74) is 2.99. The smallest absolute Gasteiger partial charge is 0.126 e. The molecule has 0 heterocycles. The second-order valence-electron chi connectivity index (χ2n) is 4.00. The number of ether oxygens (including phenoxy) is 1. The lowest BCUT2D eigenvalue weighted by Gasteiger charge is -2.12. The highest BCUT2D eigenvalue weighted by molar-refractivity contribution is 5.71. The van der Waals surface area contributed by atoms with Crippen LogP contribution in [0.2, 0.25) is 0 Å². The average molecular weight is 228 g/mol. The van der Waals surface area contributed by atoms with E-state index in [1.54, 1.807) is 14.0 Å². The zero-order chi connectivity index (χ0) is 12.3. The van der Waals surface area contributed by atoms with Crippen molar-refractivity contribution in [3.05, 3.63) is 54.1 Å². The van der Waals surface area contributed by atoms with Gasteiger partial charge in [0.2, 0.25) is 0 Å². The standard InChI is InChI=1S/C15H16O2/c1-11(16)13-8-9-15(17-2)14(10-13)12-6-4-3-5-7-12/h3-11,16H,1-2H3. The van der Waals surface area contributed by atoms with Crippen LogP contribution in [0.3, 0.4) is 0 Å². The SMILES string of the molecule is COc1ccc(C(C)O)cc1-c1ccccc1. The van der Waals surface area contributed by atoms with Gasteiger partial charge in [-0.05, 0) is 30.2 Å². The van der Waals surface area contributed by atoms with Gasteiger partial charge in [-0.1, -0.05) is 36.4 Å². The maximum atomic E-state index is 9.62. The Kier molecular flexibility index (Phi) is 3.45. The van der Waals surface area contributed by atoms with Gasteiger partial charge in [-0.3, -0.25) is 0 Å². The monoisotopic (exact) mass is 228 g/mol. The summed E-state index contributed by atoms with van der Waals surface area (Å²) in [4.78, 5) is 0. The molecular weight excluding hydrogens is 212 g/mol. The summed E-state index contributed by atoms with van der Waals surface area (Å²) in [7, 11) is 1.66. The van der Waals surface area contributed by atoms with Gasteiger partial charge in [0.25, 0.3) is 0 Å². The van der Waals surface area contributed by atoms with E-state index in [2.05, 4.69) is 0 Å². The van der Waals surface area contributed by atoms with Crippen molar-refractivity contribution in [3.8, 4) is 16.9 Å². The van der Waals surface area contributed by atoms with Gasteiger partial charge in [0.05, 0.1) is 13.2 Å². The molecule has 17 heavy (non-hydrogen) atoms. The van der Waals surface area contributed by atoms with E-state index in [1.807, 2.05) is 48.5 Å². The third kappa shape index (κ3) is 2.48. The predicted octanol–water partition coefficient (Wildman–Crippen LogP) is 3.42. The molecule has 0 fully saturated rings. The lowest BCUT2D eigenvalue weighted by atomic mass is 10.00. The summed E-state index contributed by atoms with van der Waals surface area (Å²) >= 11 is 0. The summed E-state index contributed by atoms with van der Waals surface area (Å²) in [5.74, 6) is 0.820. The molecule has 0 aliphatic carbocycles. The molecule has 0 saturated carbocycles. The van der Waals surface area contributed by atoms with Crippen LogP contribution in [0.4, 0.5) is 0 Å². The van der Waals surface area contributed by atoms with E-state index in [9.17, 15) is 5.11 Å². The summed E-state index contributed by atoms with van der Waals surface area (Å²) in [6, 6.07) is 15.8. The normalized spacial score (nSPS) is 12.2. The zero-order valence-corrected chi connectivity index (χ0v) is 10.1. The van der Waals surface area contributed by atoms with Crippen molar-refractivity contribution < 1.29 is 9.84 Å². The molecular formula is C15H16O2. The van der Waals surface area contributed by atoms with E-state index < -0.39 is 6.10 Å². The fourth-order valence-electron chi connectivity index (χ4n) is 1.83. The van der Waals surface area contributed by atoms with Crippen LogP contribution >= 0.6 is 0 Å². The molecule has 0 radical (unpaired) electrons. The van der Waals surface area contributed by atoms with Gasteiger partial charge in [-0.15, -0.1) is 0 Å². The molecule has 0 spiro atoms. The Morgan fingerprint density at radius 2 is 1.76 bits per heavy atom. The van der Waals surface area contributed by atoms with Gasteiger partial charge >= 0.3 is 0 Å². The highest BCUT2D eigenvalue weighted by atomic mass is 16.5. The maximum Gasteiger partial charge on any atom is 0.126 e. The quantitative estimate of drug-likeness (QED) is 0.872. The number of aliphatic hydroxyl groups excluding tert-OH is 1. The van der Waals surface area contributed by atoms with Gasteiger partial charge in [0.1, 0.15) is 5.75 Å². The van der Waals surface area contributed by atoms with Gasteiger partial charge in [0, 0.05) is 5.56 Å². The van der Waals surface area contributed by atoms with Crippen LogP contribution in [0.5, 0.6) is 5.75 Å². The first kappa shape index (κ1) is 11.7. The Bertz CT molecular complexity index is 490. The van der Waals surface area contributed by atoms with Crippen molar-refractivity contribution in [2.75, 3.05) is 7.11 Å². The van der Waals surface area contributed by atoms with E-state index in [0.29, 0.717) is 0 Å². The Hall–Kier alpha value is -1.80. The first-order valence-electron chi connectivity index (χ1n) is 5.64. The molecule has 2 aromatic rings. The van der Waals surface area contributed by atoms with E-state index in [0.717, 1.165) is 22.4 Å². The molecule has 0 amide bonds. The van der Waals surface area contributed by atoms with Gasteiger partial charge in [-0.25, -0.2) is 0 Å². The van der Waals surface area contributed by atoms with E-state index in [-0.39, 0.29) is 0 Å². The van der Waals surface area contributed by atoms with Crippen LogP contribution in [-0.2, 0) is 0 Å². The summed E-state index contributed by atoms with van der Waals surface area (Å²) in [6.45, 7) is 1.76. The van der Waals surface area contributed by atoms with E-state index in [4.69, 9.17) is 4.74 Å². The Morgan fingerprint density at radius 1 is 1.06 bits per heavy atom. The highest BCUT2D eigenvalue weighted by Crippen LogP contribution is 2.32. The molecule has 2 heteroatoms. The van der Waals surface area contributed by atoms with Crippen LogP contribution in [-0.4, -0.2) is 12.2 Å². The number of rotatable bonds is 3. The molecule has 2 nitrogen and oxygen atoms in total. The van der Waals surface area contributed by atoms with Crippen LogP contribution in [0, 0.1) is 0 Å². The molecule has 0 aliphatic heterocycles. The number of benzene rings is 2. The first-order valence-corrected chi connectivity index (χ1v) is 5.64. The van der Waals surface area contributed by atoms with Crippen LogP contribution in [0.15, 0.2) is 48.5 Å². The third-order valence-electron chi connectivity index (χ3n) is 2.79. The number of hydrogen-bond donors (Lipinski definition) is 1. The minimum atomic E-state index is -0.469. The van der Waals surface area contributed by atoms with Crippen LogP contribution in [0.1, 0.15) is 18.6 Å². The molecule has 88 valence electrons. The molecule has 0 saturated heterocycles. The largest absolute Gasteiger partial charge is 0.496 e. The molecule has 0 aliphatic rings. The summed E-state index contributed by atoms with van der Waals surface area (Å²) in [5, 5.41) is 9.62. The van der Waals surface area contributed by atoms with Gasteiger partial charge in [0.15, 0.2) is 0 Å². The number of aliphatic hydroxyl groups is 1. The van der Waals surface area contributed by atoms with Gasteiger partial charge < -0.3 is 9.84 Å². The van der Waals surface area contributed by atoms with Crippen molar-refractivity contribution in [1.82, 2.24) is 0 Å². The number of hydrogen-bond acceptors (Lipinski definition) is 2. The second kappa shape index (κ2) is 5.02. The van der Waals surface area contributed by atoms with E-state index in [1.165, 1.54) is 0 Å². The molecule has 2 aromatic carbocycles. The topological polar surface area (TPSA) is 29.5 Å². The predicted molar refractivity (Wildman–Crippen MR) is 69.1 cm³/mol. The molecule has 0 bridgehead atoms. The first-order chi connectivity index (χ1) is 8.22. The minimum absolute atomic E-state index is 0.469. The maximum absolute atomic E-state index is 9.62. The fraction of sp³-hybridized carbons (Fsp3) is 0.200. The van der Waals surface area contributed by atoms with Crippen molar-refractivity contribution in [2.45, 2.75) is 13.0 Å². The Labute approximate surface area is 101 Å². The Morgan fingerprint density at radius 3 is 2.35 bits per heavy atom. The molecule has 0 aromatic heterocycles. The van der Waals surface area contributed by atoms with E-state index >= 15 is 0 Å².